The van der Waals surface area contributed by atoms with Crippen LogP contribution in [0.2, 0.25) is 0 Å². The van der Waals surface area contributed by atoms with Gasteiger partial charge in [-0.05, 0) is 44.9 Å². The van der Waals surface area contributed by atoms with E-state index in [1.165, 1.54) is 83.5 Å². The number of carbonyl (C=O) groups is 1. The van der Waals surface area contributed by atoms with E-state index in [4.69, 9.17) is 24.3 Å². The second kappa shape index (κ2) is 36.0. The number of esters is 1. The molecule has 0 saturated heterocycles. The molecule has 0 heterocycles. The van der Waals surface area contributed by atoms with Gasteiger partial charge in [-0.2, -0.15) is 0 Å². The third-order valence-electron chi connectivity index (χ3n) is 7.82. The number of phosphoric ester groups is 1. The normalized spacial score (nSPS) is 14.0. The van der Waals surface area contributed by atoms with Crippen molar-refractivity contribution < 1.29 is 32.8 Å². The third kappa shape index (κ3) is 35.8. The van der Waals surface area contributed by atoms with Crippen LogP contribution in [0.3, 0.4) is 0 Å². The summed E-state index contributed by atoms with van der Waals surface area (Å²) in [6, 6.07) is 0. The van der Waals surface area contributed by atoms with E-state index in [0.717, 1.165) is 57.8 Å². The Morgan fingerprint density at radius 2 is 1.19 bits per heavy atom. The van der Waals surface area contributed by atoms with Gasteiger partial charge < -0.3 is 20.1 Å². The zero-order valence-electron chi connectivity index (χ0n) is 30.3. The highest BCUT2D eigenvalue weighted by Crippen LogP contribution is 2.43. The van der Waals surface area contributed by atoms with Crippen molar-refractivity contribution in [2.24, 2.45) is 5.73 Å². The van der Waals surface area contributed by atoms with Crippen LogP contribution in [0.4, 0.5) is 0 Å². The van der Waals surface area contributed by atoms with Crippen molar-refractivity contribution in [2.45, 2.75) is 168 Å². The zero-order chi connectivity index (χ0) is 34.5. The fourth-order valence-electron chi connectivity index (χ4n) is 5.07. The molecule has 0 radical (unpaired) electrons. The second-order valence-corrected chi connectivity index (χ2v) is 13.9. The monoisotopic (exact) mass is 686 g/mol. The maximum Gasteiger partial charge on any atom is 0.472 e. The van der Waals surface area contributed by atoms with Gasteiger partial charge in [0.2, 0.25) is 0 Å². The summed E-state index contributed by atoms with van der Waals surface area (Å²) >= 11 is 0. The lowest BCUT2D eigenvalue weighted by Crippen LogP contribution is -2.28. The number of nitrogens with two attached hydrogens (primary N) is 1. The molecule has 8 nitrogen and oxygen atoms in total. The van der Waals surface area contributed by atoms with Crippen molar-refractivity contribution >= 4 is 13.8 Å². The Labute approximate surface area is 288 Å². The average Bonchev–Trinajstić information content (AvgIpc) is 3.06. The van der Waals surface area contributed by atoms with E-state index in [1.807, 2.05) is 0 Å². The Kier molecular flexibility index (Phi) is 35.0. The Balaban J connectivity index is 4.09. The third-order valence-corrected chi connectivity index (χ3v) is 8.81. The number of rotatable bonds is 36. The van der Waals surface area contributed by atoms with E-state index in [0.29, 0.717) is 13.0 Å². The largest absolute Gasteiger partial charge is 0.472 e. The molecule has 0 bridgehead atoms. The lowest BCUT2D eigenvalue weighted by atomic mass is 10.1. The SMILES string of the molecule is CC/C=C\C/C=C\C/C=C\CCCCCCCCCC(=O)OC(COCCCCCCCCCCCCC)COP(=O)(O)OCCN. The van der Waals surface area contributed by atoms with Crippen molar-refractivity contribution in [3.63, 3.8) is 0 Å². The summed E-state index contributed by atoms with van der Waals surface area (Å²) in [6.07, 6.45) is 38.6. The molecule has 0 aromatic carbocycles. The summed E-state index contributed by atoms with van der Waals surface area (Å²) < 4.78 is 33.3. The second-order valence-electron chi connectivity index (χ2n) is 12.4. The minimum absolute atomic E-state index is 0.0971. The topological polar surface area (TPSA) is 117 Å². The number of hydrogen-bond acceptors (Lipinski definition) is 7. The summed E-state index contributed by atoms with van der Waals surface area (Å²) in [7, 11) is -4.27. The molecule has 0 spiro atoms. The van der Waals surface area contributed by atoms with Crippen LogP contribution in [-0.2, 0) is 27.9 Å². The number of ether oxygens (including phenoxy) is 2. The van der Waals surface area contributed by atoms with Crippen LogP contribution in [0.5, 0.6) is 0 Å². The lowest BCUT2D eigenvalue weighted by molar-refractivity contribution is -0.154. The van der Waals surface area contributed by atoms with Crippen LogP contribution in [0.15, 0.2) is 36.5 Å². The van der Waals surface area contributed by atoms with Gasteiger partial charge in [0, 0.05) is 19.6 Å². The van der Waals surface area contributed by atoms with Gasteiger partial charge in [0.15, 0.2) is 0 Å². The molecular formula is C38H72NO7P. The van der Waals surface area contributed by atoms with E-state index in [1.54, 1.807) is 0 Å². The number of unbranched alkanes of at least 4 members (excludes halogenated alkanes) is 17. The fraction of sp³-hybridized carbons (Fsp3) is 0.816. The minimum atomic E-state index is -4.27. The van der Waals surface area contributed by atoms with Crippen LogP contribution < -0.4 is 5.73 Å². The molecule has 276 valence electrons. The quantitative estimate of drug-likeness (QED) is 0.0290. The number of carbonyl (C=O) groups excluding carboxylic acids is 1. The molecule has 2 unspecified atom stereocenters. The Hall–Kier alpha value is -1.28. The molecule has 0 aromatic heterocycles. The highest BCUT2D eigenvalue weighted by atomic mass is 31.2. The number of hydrogen-bond donors (Lipinski definition) is 2. The van der Waals surface area contributed by atoms with Gasteiger partial charge in [0.05, 0.1) is 19.8 Å². The maximum absolute atomic E-state index is 12.5. The smallest absolute Gasteiger partial charge is 0.457 e. The summed E-state index contributed by atoms with van der Waals surface area (Å²) in [4.78, 5) is 22.4. The molecule has 47 heavy (non-hydrogen) atoms. The van der Waals surface area contributed by atoms with Crippen molar-refractivity contribution in [3.8, 4) is 0 Å². The highest BCUT2D eigenvalue weighted by Gasteiger charge is 2.25. The van der Waals surface area contributed by atoms with Crippen LogP contribution in [0.25, 0.3) is 0 Å². The van der Waals surface area contributed by atoms with E-state index in [-0.39, 0.29) is 32.3 Å². The first kappa shape index (κ1) is 45.7. The molecule has 0 rings (SSSR count). The molecular weight excluding hydrogens is 613 g/mol. The van der Waals surface area contributed by atoms with Crippen LogP contribution >= 0.6 is 7.82 Å². The predicted molar refractivity (Wildman–Crippen MR) is 196 cm³/mol. The molecule has 0 fully saturated rings. The first-order valence-electron chi connectivity index (χ1n) is 19.0. The summed E-state index contributed by atoms with van der Waals surface area (Å²) in [5.41, 5.74) is 5.35. The molecule has 0 aromatic rings. The van der Waals surface area contributed by atoms with Crippen molar-refractivity contribution in [1.29, 1.82) is 0 Å². The molecule has 0 saturated carbocycles. The maximum atomic E-state index is 12.5. The first-order chi connectivity index (χ1) is 22.9. The Morgan fingerprint density at radius 1 is 0.660 bits per heavy atom. The van der Waals surface area contributed by atoms with Gasteiger partial charge in [-0.3, -0.25) is 13.8 Å². The van der Waals surface area contributed by atoms with Crippen molar-refractivity contribution in [2.75, 3.05) is 33.0 Å². The molecule has 0 aliphatic rings. The van der Waals surface area contributed by atoms with Gasteiger partial charge in [0.25, 0.3) is 0 Å². The zero-order valence-corrected chi connectivity index (χ0v) is 31.2. The lowest BCUT2D eigenvalue weighted by Gasteiger charge is -2.20. The Bertz CT molecular complexity index is 818. The van der Waals surface area contributed by atoms with E-state index < -0.39 is 13.9 Å². The van der Waals surface area contributed by atoms with Gasteiger partial charge in [-0.25, -0.2) is 4.57 Å². The summed E-state index contributed by atoms with van der Waals surface area (Å²) in [5.74, 6) is -0.341. The molecule has 3 N–H and O–H groups in total. The molecule has 0 amide bonds. The summed E-state index contributed by atoms with van der Waals surface area (Å²) in [6.45, 7) is 4.79. The number of phosphoric acid groups is 1. The van der Waals surface area contributed by atoms with Crippen molar-refractivity contribution in [1.82, 2.24) is 0 Å². The average molecular weight is 686 g/mol. The van der Waals surface area contributed by atoms with E-state index in [9.17, 15) is 14.3 Å². The van der Waals surface area contributed by atoms with E-state index >= 15 is 0 Å². The van der Waals surface area contributed by atoms with Gasteiger partial charge in [-0.1, -0.05) is 147 Å². The van der Waals surface area contributed by atoms with Gasteiger partial charge >= 0.3 is 13.8 Å². The Morgan fingerprint density at radius 3 is 1.79 bits per heavy atom. The highest BCUT2D eigenvalue weighted by molar-refractivity contribution is 7.47. The standard InChI is InChI=1S/C38H72NO7P/c1-3-5-7-9-11-13-15-16-17-18-19-20-21-23-25-27-29-31-38(40)46-37(36-45-47(41,42)44-34-32-39)35-43-33-30-28-26-24-22-14-12-10-8-6-4-2/h5,7,11,13,16-17,37H,3-4,6,8-10,12,14-15,18-36,39H2,1-2H3,(H,41,42)/b7-5-,13-11-,17-16-. The van der Waals surface area contributed by atoms with Crippen LogP contribution in [-0.4, -0.2) is 49.9 Å². The molecule has 0 aliphatic carbocycles. The first-order valence-corrected chi connectivity index (χ1v) is 20.5. The van der Waals surface area contributed by atoms with Crippen LogP contribution in [0.1, 0.15) is 162 Å². The minimum Gasteiger partial charge on any atom is -0.457 e. The summed E-state index contributed by atoms with van der Waals surface area (Å²) in [5, 5.41) is 0. The van der Waals surface area contributed by atoms with Crippen LogP contribution in [0, 0.1) is 0 Å². The van der Waals surface area contributed by atoms with E-state index in [2.05, 4.69) is 50.3 Å². The number of allylic oxidation sites excluding steroid dienone is 6. The fourth-order valence-corrected chi connectivity index (χ4v) is 5.83. The van der Waals surface area contributed by atoms with Gasteiger partial charge in [0.1, 0.15) is 6.10 Å². The van der Waals surface area contributed by atoms with Crippen molar-refractivity contribution in [3.05, 3.63) is 36.5 Å². The molecule has 9 heteroatoms. The predicted octanol–water partition coefficient (Wildman–Crippen LogP) is 10.7. The molecule has 2 atom stereocenters. The van der Waals surface area contributed by atoms with Gasteiger partial charge in [-0.15, -0.1) is 0 Å². The molecule has 0 aliphatic heterocycles.